The molecule has 0 aliphatic carbocycles. The minimum atomic E-state index is -0.972. The maximum atomic E-state index is 13.1. The molecule has 0 heterocycles. The van der Waals surface area contributed by atoms with Crippen molar-refractivity contribution in [1.82, 2.24) is 5.32 Å². The van der Waals surface area contributed by atoms with Gasteiger partial charge in [-0.15, -0.1) is 0 Å². The number of rotatable bonds is 5. The third kappa shape index (κ3) is 5.51. The first-order valence-corrected chi connectivity index (χ1v) is 8.78. The highest BCUT2D eigenvalue weighted by Gasteiger charge is 2.17. The summed E-state index contributed by atoms with van der Waals surface area (Å²) in [5.41, 5.74) is 3.53. The first kappa shape index (κ1) is 19.3. The highest BCUT2D eigenvalue weighted by Crippen LogP contribution is 2.25. The van der Waals surface area contributed by atoms with Gasteiger partial charge < -0.3 is 15.7 Å². The van der Waals surface area contributed by atoms with Crippen LogP contribution in [0.2, 0.25) is 0 Å². The minimum Gasteiger partial charge on any atom is -0.481 e. The summed E-state index contributed by atoms with van der Waals surface area (Å²) in [4.78, 5) is 11.2. The minimum absolute atomic E-state index is 0.175. The van der Waals surface area contributed by atoms with E-state index >= 15 is 0 Å². The van der Waals surface area contributed by atoms with Gasteiger partial charge in [0.2, 0.25) is 0 Å². The molecule has 0 amide bonds. The number of halogens is 2. The van der Waals surface area contributed by atoms with E-state index in [4.69, 9.17) is 17.3 Å². The fourth-order valence-corrected chi connectivity index (χ4v) is 3.47. The number of anilines is 1. The molecule has 132 valence electrons. The van der Waals surface area contributed by atoms with Crippen LogP contribution in [0.15, 0.2) is 40.9 Å². The van der Waals surface area contributed by atoms with Crippen molar-refractivity contribution in [2.24, 2.45) is 0 Å². The molecule has 0 saturated carbocycles. The van der Waals surface area contributed by atoms with Gasteiger partial charge in [0.25, 0.3) is 0 Å². The Morgan fingerprint density at radius 1 is 1.24 bits per heavy atom. The highest BCUT2D eigenvalue weighted by molar-refractivity contribution is 9.10. The van der Waals surface area contributed by atoms with E-state index in [2.05, 4.69) is 26.6 Å². The quantitative estimate of drug-likeness (QED) is 0.606. The Bertz CT molecular complexity index is 773. The Morgan fingerprint density at radius 2 is 1.80 bits per heavy atom. The standard InChI is InChI=1S/C18H18BrFN2O2S/c1-10-7-13(19)8-11(2)17(10)22-18(25)21-15(9-16(23)24)12-3-5-14(20)6-4-12/h3-8,15H,9H2,1-2H3,(H,23,24)(H2,21,22,25)/t15-/m1/s1. The van der Waals surface area contributed by atoms with Gasteiger partial charge in [-0.05, 0) is 67.0 Å². The van der Waals surface area contributed by atoms with E-state index in [1.165, 1.54) is 12.1 Å². The molecular formula is C18H18BrFN2O2S. The van der Waals surface area contributed by atoms with Crippen LogP contribution in [0.25, 0.3) is 0 Å². The third-order valence-corrected chi connectivity index (χ3v) is 4.37. The SMILES string of the molecule is Cc1cc(Br)cc(C)c1NC(=S)N[C@H](CC(=O)O)c1ccc(F)cc1. The molecule has 3 N–H and O–H groups in total. The van der Waals surface area contributed by atoms with E-state index in [0.29, 0.717) is 10.7 Å². The van der Waals surface area contributed by atoms with Crippen molar-refractivity contribution in [2.75, 3.05) is 5.32 Å². The molecule has 0 unspecified atom stereocenters. The van der Waals surface area contributed by atoms with Crippen molar-refractivity contribution >= 4 is 44.9 Å². The molecule has 2 aromatic carbocycles. The number of hydrogen-bond donors (Lipinski definition) is 3. The van der Waals surface area contributed by atoms with Crippen LogP contribution in [-0.2, 0) is 4.79 Å². The van der Waals surface area contributed by atoms with Gasteiger partial charge in [-0.25, -0.2) is 4.39 Å². The topological polar surface area (TPSA) is 61.4 Å². The number of carbonyl (C=O) groups is 1. The van der Waals surface area contributed by atoms with Crippen molar-refractivity contribution in [3.8, 4) is 0 Å². The molecule has 1 atom stereocenters. The molecule has 0 radical (unpaired) electrons. The van der Waals surface area contributed by atoms with Gasteiger partial charge in [-0.3, -0.25) is 4.79 Å². The summed E-state index contributed by atoms with van der Waals surface area (Å²) in [5.74, 6) is -1.35. The van der Waals surface area contributed by atoms with Crippen molar-refractivity contribution in [3.63, 3.8) is 0 Å². The number of carboxylic acid groups (broad SMARTS) is 1. The van der Waals surface area contributed by atoms with Crippen LogP contribution in [0.5, 0.6) is 0 Å². The number of hydrogen-bond acceptors (Lipinski definition) is 2. The van der Waals surface area contributed by atoms with Gasteiger partial charge in [-0.1, -0.05) is 28.1 Å². The third-order valence-electron chi connectivity index (χ3n) is 3.69. The largest absolute Gasteiger partial charge is 0.481 e. The summed E-state index contributed by atoms with van der Waals surface area (Å²) >= 11 is 8.79. The Kier molecular flexibility index (Phi) is 6.50. The van der Waals surface area contributed by atoms with Crippen LogP contribution >= 0.6 is 28.1 Å². The number of aliphatic carboxylic acids is 1. The second kappa shape index (κ2) is 8.40. The summed E-state index contributed by atoms with van der Waals surface area (Å²) in [6, 6.07) is 9.06. The van der Waals surface area contributed by atoms with Crippen LogP contribution in [0.4, 0.5) is 10.1 Å². The lowest BCUT2D eigenvalue weighted by molar-refractivity contribution is -0.137. The summed E-state index contributed by atoms with van der Waals surface area (Å²) in [6.07, 6.45) is -0.175. The molecule has 0 aliphatic heterocycles. The second-order valence-electron chi connectivity index (χ2n) is 5.72. The van der Waals surface area contributed by atoms with Crippen molar-refractivity contribution in [2.45, 2.75) is 26.3 Å². The summed E-state index contributed by atoms with van der Waals surface area (Å²) in [5, 5.41) is 15.6. The summed E-state index contributed by atoms with van der Waals surface area (Å²) < 4.78 is 14.1. The predicted molar refractivity (Wildman–Crippen MR) is 104 cm³/mol. The lowest BCUT2D eigenvalue weighted by atomic mass is 10.0. The van der Waals surface area contributed by atoms with Gasteiger partial charge in [0.15, 0.2) is 5.11 Å². The number of nitrogens with one attached hydrogen (secondary N) is 2. The van der Waals surface area contributed by atoms with Crippen LogP contribution in [-0.4, -0.2) is 16.2 Å². The molecule has 0 aliphatic rings. The predicted octanol–water partition coefficient (Wildman–Crippen LogP) is 4.71. The second-order valence-corrected chi connectivity index (χ2v) is 7.04. The Labute approximate surface area is 159 Å². The molecule has 25 heavy (non-hydrogen) atoms. The normalized spacial score (nSPS) is 11.7. The molecule has 0 spiro atoms. The molecule has 7 heteroatoms. The number of benzene rings is 2. The van der Waals surface area contributed by atoms with Gasteiger partial charge >= 0.3 is 5.97 Å². The van der Waals surface area contributed by atoms with Crippen molar-refractivity contribution < 1.29 is 14.3 Å². The summed E-state index contributed by atoms with van der Waals surface area (Å²) in [6.45, 7) is 3.91. The first-order valence-electron chi connectivity index (χ1n) is 7.58. The molecule has 0 saturated heterocycles. The van der Waals surface area contributed by atoms with E-state index in [9.17, 15) is 9.18 Å². The van der Waals surface area contributed by atoms with Crippen LogP contribution in [0.1, 0.15) is 29.2 Å². The molecule has 0 bridgehead atoms. The molecule has 4 nitrogen and oxygen atoms in total. The molecule has 2 rings (SSSR count). The van der Waals surface area contributed by atoms with Crippen LogP contribution in [0.3, 0.4) is 0 Å². The number of aryl methyl sites for hydroxylation is 2. The Hall–Kier alpha value is -1.99. The number of thiocarbonyl (C=S) groups is 1. The fourth-order valence-electron chi connectivity index (χ4n) is 2.54. The van der Waals surface area contributed by atoms with E-state index in [1.807, 2.05) is 26.0 Å². The molecular weight excluding hydrogens is 407 g/mol. The van der Waals surface area contributed by atoms with Gasteiger partial charge in [0, 0.05) is 10.2 Å². The van der Waals surface area contributed by atoms with Gasteiger partial charge in [-0.2, -0.15) is 0 Å². The average Bonchev–Trinajstić information content (AvgIpc) is 2.50. The van der Waals surface area contributed by atoms with E-state index < -0.39 is 12.0 Å². The maximum absolute atomic E-state index is 13.1. The fraction of sp³-hybridized carbons (Fsp3) is 0.222. The van der Waals surface area contributed by atoms with E-state index in [0.717, 1.165) is 21.3 Å². The molecule has 2 aromatic rings. The monoisotopic (exact) mass is 424 g/mol. The lowest BCUT2D eigenvalue weighted by Crippen LogP contribution is -2.34. The molecule has 0 aromatic heterocycles. The van der Waals surface area contributed by atoms with Crippen molar-refractivity contribution in [1.29, 1.82) is 0 Å². The van der Waals surface area contributed by atoms with Crippen LogP contribution in [0, 0.1) is 19.7 Å². The zero-order chi connectivity index (χ0) is 18.6. The zero-order valence-electron chi connectivity index (χ0n) is 13.8. The first-order chi connectivity index (χ1) is 11.8. The summed E-state index contributed by atoms with van der Waals surface area (Å²) in [7, 11) is 0. The smallest absolute Gasteiger partial charge is 0.305 e. The van der Waals surface area contributed by atoms with E-state index in [1.54, 1.807) is 12.1 Å². The zero-order valence-corrected chi connectivity index (χ0v) is 16.2. The maximum Gasteiger partial charge on any atom is 0.305 e. The molecule has 0 fully saturated rings. The van der Waals surface area contributed by atoms with Gasteiger partial charge in [0.05, 0.1) is 12.5 Å². The Morgan fingerprint density at radius 3 is 2.32 bits per heavy atom. The average molecular weight is 425 g/mol. The Balaban J connectivity index is 2.17. The van der Waals surface area contributed by atoms with Crippen LogP contribution < -0.4 is 10.6 Å². The van der Waals surface area contributed by atoms with E-state index in [-0.39, 0.29) is 12.2 Å². The van der Waals surface area contributed by atoms with Gasteiger partial charge in [0.1, 0.15) is 5.82 Å². The highest BCUT2D eigenvalue weighted by atomic mass is 79.9. The lowest BCUT2D eigenvalue weighted by Gasteiger charge is -2.21. The van der Waals surface area contributed by atoms with Crippen molar-refractivity contribution in [3.05, 3.63) is 63.4 Å². The number of carboxylic acids is 1.